The molecule has 0 radical (unpaired) electrons. The molecule has 4 saturated carbocycles. The maximum absolute atomic E-state index is 10.6. The van der Waals surface area contributed by atoms with Crippen molar-refractivity contribution >= 4 is 22.9 Å². The van der Waals surface area contributed by atoms with E-state index < -0.39 is 0 Å². The van der Waals surface area contributed by atoms with E-state index in [-0.39, 0.29) is 6.10 Å². The second-order valence-corrected chi connectivity index (χ2v) is 8.63. The van der Waals surface area contributed by atoms with Gasteiger partial charge in [-0.05, 0) is 79.6 Å². The SMILES string of the molecule is OC(CC12CC3CC(CC(C3)C1)C2)c1sccc1Cl. The Labute approximate surface area is 124 Å². The molecule has 3 heteroatoms. The lowest BCUT2D eigenvalue weighted by Crippen LogP contribution is -2.46. The highest BCUT2D eigenvalue weighted by Gasteiger charge is 2.51. The highest BCUT2D eigenvalue weighted by Crippen LogP contribution is 2.62. The Morgan fingerprint density at radius 2 is 1.79 bits per heavy atom. The van der Waals surface area contributed by atoms with Gasteiger partial charge in [-0.15, -0.1) is 11.3 Å². The van der Waals surface area contributed by atoms with Gasteiger partial charge in [-0.25, -0.2) is 0 Å². The molecule has 1 N–H and O–H groups in total. The first-order valence-corrected chi connectivity index (χ1v) is 8.80. The number of aliphatic hydroxyl groups excluding tert-OH is 1. The van der Waals surface area contributed by atoms with E-state index in [4.69, 9.17) is 11.6 Å². The predicted octanol–water partition coefficient (Wildman–Crippen LogP) is 5.04. The van der Waals surface area contributed by atoms with Crippen LogP contribution in [0, 0.1) is 23.2 Å². The standard InChI is InChI=1S/C16H21ClOS/c17-13-1-2-19-15(13)14(18)9-16-6-10-3-11(7-16)5-12(4-10)8-16/h1-2,10-12,14,18H,3-9H2. The van der Waals surface area contributed by atoms with E-state index in [9.17, 15) is 5.11 Å². The minimum atomic E-state index is -0.344. The van der Waals surface area contributed by atoms with Gasteiger partial charge >= 0.3 is 0 Å². The Bertz CT molecular complexity index is 446. The lowest BCUT2D eigenvalue weighted by Gasteiger charge is -2.57. The van der Waals surface area contributed by atoms with E-state index in [1.165, 1.54) is 38.5 Å². The van der Waals surface area contributed by atoms with Gasteiger partial charge in [-0.1, -0.05) is 11.6 Å². The van der Waals surface area contributed by atoms with Crippen molar-refractivity contribution < 1.29 is 5.11 Å². The first-order valence-electron chi connectivity index (χ1n) is 7.54. The van der Waals surface area contributed by atoms with Crippen LogP contribution in [-0.4, -0.2) is 5.11 Å². The Kier molecular flexibility index (Phi) is 2.98. The van der Waals surface area contributed by atoms with Gasteiger partial charge in [0.1, 0.15) is 0 Å². The van der Waals surface area contributed by atoms with Crippen molar-refractivity contribution in [3.8, 4) is 0 Å². The molecule has 4 bridgehead atoms. The molecule has 1 aromatic heterocycles. The first-order chi connectivity index (χ1) is 9.13. The van der Waals surface area contributed by atoms with Crippen LogP contribution >= 0.6 is 22.9 Å². The quantitative estimate of drug-likeness (QED) is 0.828. The first kappa shape index (κ1) is 12.7. The predicted molar refractivity (Wildman–Crippen MR) is 79.5 cm³/mol. The van der Waals surface area contributed by atoms with Crippen LogP contribution in [0.3, 0.4) is 0 Å². The van der Waals surface area contributed by atoms with Gasteiger partial charge in [0, 0.05) is 0 Å². The summed E-state index contributed by atoms with van der Waals surface area (Å²) in [6.07, 6.45) is 9.08. The Morgan fingerprint density at radius 3 is 2.26 bits per heavy atom. The van der Waals surface area contributed by atoms with Crippen molar-refractivity contribution in [1.29, 1.82) is 0 Å². The lowest BCUT2D eigenvalue weighted by molar-refractivity contribution is -0.0759. The molecule has 4 aliphatic carbocycles. The van der Waals surface area contributed by atoms with Crippen LogP contribution in [0.2, 0.25) is 5.02 Å². The summed E-state index contributed by atoms with van der Waals surface area (Å²) < 4.78 is 0. The number of aliphatic hydroxyl groups is 1. The molecule has 1 nitrogen and oxygen atoms in total. The van der Waals surface area contributed by atoms with Crippen molar-refractivity contribution in [3.05, 3.63) is 21.3 Å². The molecule has 1 aromatic rings. The third-order valence-electron chi connectivity index (χ3n) is 5.74. The van der Waals surface area contributed by atoms with E-state index in [1.807, 2.05) is 11.4 Å². The van der Waals surface area contributed by atoms with E-state index in [2.05, 4.69) is 0 Å². The largest absolute Gasteiger partial charge is 0.388 e. The number of thiophene rings is 1. The topological polar surface area (TPSA) is 20.2 Å². The molecule has 19 heavy (non-hydrogen) atoms. The van der Waals surface area contributed by atoms with Gasteiger partial charge in [0.2, 0.25) is 0 Å². The van der Waals surface area contributed by atoms with Gasteiger partial charge < -0.3 is 5.11 Å². The molecular weight excluding hydrogens is 276 g/mol. The molecule has 0 aliphatic heterocycles. The summed E-state index contributed by atoms with van der Waals surface area (Å²) >= 11 is 7.78. The van der Waals surface area contributed by atoms with Gasteiger partial charge in [0.25, 0.3) is 0 Å². The normalized spacial score (nSPS) is 41.7. The fraction of sp³-hybridized carbons (Fsp3) is 0.750. The third-order valence-corrected chi connectivity index (χ3v) is 7.20. The second-order valence-electron chi connectivity index (χ2n) is 7.27. The van der Waals surface area contributed by atoms with Crippen molar-refractivity contribution in [2.45, 2.75) is 51.0 Å². The fourth-order valence-electron chi connectivity index (χ4n) is 5.59. The molecule has 1 atom stereocenters. The second kappa shape index (κ2) is 4.47. The molecule has 4 aliphatic rings. The third kappa shape index (κ3) is 2.16. The van der Waals surface area contributed by atoms with Crippen LogP contribution in [0.1, 0.15) is 55.9 Å². The van der Waals surface area contributed by atoms with Gasteiger partial charge in [0.15, 0.2) is 0 Å². The van der Waals surface area contributed by atoms with Gasteiger partial charge in [-0.3, -0.25) is 0 Å². The monoisotopic (exact) mass is 296 g/mol. The highest BCUT2D eigenvalue weighted by atomic mass is 35.5. The zero-order valence-electron chi connectivity index (χ0n) is 11.1. The summed E-state index contributed by atoms with van der Waals surface area (Å²) in [6, 6.07) is 1.91. The summed E-state index contributed by atoms with van der Waals surface area (Å²) in [5, 5.41) is 13.3. The summed E-state index contributed by atoms with van der Waals surface area (Å²) in [7, 11) is 0. The molecular formula is C16H21ClOS. The Hall–Kier alpha value is -0.0500. The van der Waals surface area contributed by atoms with E-state index in [1.54, 1.807) is 11.3 Å². The Morgan fingerprint density at radius 1 is 1.21 bits per heavy atom. The van der Waals surface area contributed by atoms with E-state index in [0.29, 0.717) is 5.41 Å². The van der Waals surface area contributed by atoms with Crippen molar-refractivity contribution in [2.75, 3.05) is 0 Å². The van der Waals surface area contributed by atoms with Crippen LogP contribution in [0.4, 0.5) is 0 Å². The molecule has 0 aromatic carbocycles. The maximum Gasteiger partial charge on any atom is 0.0902 e. The summed E-state index contributed by atoms with van der Waals surface area (Å²) in [6.45, 7) is 0. The smallest absolute Gasteiger partial charge is 0.0902 e. The lowest BCUT2D eigenvalue weighted by atomic mass is 9.48. The van der Waals surface area contributed by atoms with Crippen LogP contribution in [-0.2, 0) is 0 Å². The number of rotatable bonds is 3. The fourth-order valence-corrected chi connectivity index (χ4v) is 6.76. The maximum atomic E-state index is 10.6. The summed E-state index contributed by atoms with van der Waals surface area (Å²) in [5.41, 5.74) is 0.432. The molecule has 104 valence electrons. The highest BCUT2D eigenvalue weighted by molar-refractivity contribution is 7.10. The molecule has 0 spiro atoms. The van der Waals surface area contributed by atoms with Crippen LogP contribution in [0.5, 0.6) is 0 Å². The molecule has 5 rings (SSSR count). The van der Waals surface area contributed by atoms with Crippen LogP contribution < -0.4 is 0 Å². The van der Waals surface area contributed by atoms with Crippen molar-refractivity contribution in [1.82, 2.24) is 0 Å². The summed E-state index contributed by atoms with van der Waals surface area (Å²) in [5.74, 6) is 2.87. The average Bonchev–Trinajstić information content (AvgIpc) is 2.72. The zero-order valence-corrected chi connectivity index (χ0v) is 12.7. The molecule has 1 unspecified atom stereocenters. The Balaban J connectivity index is 1.55. The van der Waals surface area contributed by atoms with Crippen molar-refractivity contribution in [3.63, 3.8) is 0 Å². The minimum absolute atomic E-state index is 0.344. The van der Waals surface area contributed by atoms with E-state index >= 15 is 0 Å². The number of hydrogen-bond acceptors (Lipinski definition) is 2. The minimum Gasteiger partial charge on any atom is -0.388 e. The number of halogens is 1. The van der Waals surface area contributed by atoms with Gasteiger partial charge in [0.05, 0.1) is 16.0 Å². The van der Waals surface area contributed by atoms with Crippen LogP contribution in [0.15, 0.2) is 11.4 Å². The molecule has 4 fully saturated rings. The average molecular weight is 297 g/mol. The molecule has 0 amide bonds. The van der Waals surface area contributed by atoms with Gasteiger partial charge in [-0.2, -0.15) is 0 Å². The molecule has 0 saturated heterocycles. The van der Waals surface area contributed by atoms with E-state index in [0.717, 1.165) is 34.1 Å². The van der Waals surface area contributed by atoms with Crippen molar-refractivity contribution in [2.24, 2.45) is 23.2 Å². The molecule has 1 heterocycles. The van der Waals surface area contributed by atoms with Crippen LogP contribution in [0.25, 0.3) is 0 Å². The number of hydrogen-bond donors (Lipinski definition) is 1. The zero-order chi connectivity index (χ0) is 13.0. The summed E-state index contributed by atoms with van der Waals surface area (Å²) in [4.78, 5) is 0.984.